The topological polar surface area (TPSA) is 28.4 Å². The van der Waals surface area contributed by atoms with Crippen LogP contribution in [0.25, 0.3) is 11.0 Å². The summed E-state index contributed by atoms with van der Waals surface area (Å²) in [5.41, 5.74) is 2.33. The molecule has 0 amide bonds. The smallest absolute Gasteiger partial charge is 0.134 e. The maximum atomic E-state index is 6.05. The van der Waals surface area contributed by atoms with E-state index in [1.54, 1.807) is 0 Å². The highest BCUT2D eigenvalue weighted by Crippen LogP contribution is 2.27. The molecule has 0 atom stereocenters. The monoisotopic (exact) mass is 274 g/mol. The second-order valence-corrected chi connectivity index (χ2v) is 5.50. The Kier molecular flexibility index (Phi) is 5.21. The van der Waals surface area contributed by atoms with E-state index in [1.807, 2.05) is 6.07 Å². The van der Waals surface area contributed by atoms with Gasteiger partial charge in [-0.05, 0) is 19.2 Å². The predicted octanol–water partition coefficient (Wildman–Crippen LogP) is 3.77. The Balaban J connectivity index is 2.33. The molecular weight excluding hydrogens is 248 g/mol. The van der Waals surface area contributed by atoms with Crippen molar-refractivity contribution in [2.24, 2.45) is 0 Å². The van der Waals surface area contributed by atoms with Gasteiger partial charge in [-0.1, -0.05) is 45.9 Å². The van der Waals surface area contributed by atoms with Gasteiger partial charge in [-0.25, -0.2) is 0 Å². The lowest BCUT2D eigenvalue weighted by molar-refractivity contribution is 0.293. The molecule has 0 unspecified atom stereocenters. The molecule has 1 heterocycles. The van der Waals surface area contributed by atoms with Crippen molar-refractivity contribution in [3.8, 4) is 0 Å². The van der Waals surface area contributed by atoms with E-state index in [2.05, 4.69) is 56.1 Å². The van der Waals surface area contributed by atoms with E-state index < -0.39 is 0 Å². The summed E-state index contributed by atoms with van der Waals surface area (Å²) in [4.78, 5) is 2.43. The van der Waals surface area contributed by atoms with Gasteiger partial charge in [0, 0.05) is 23.5 Å². The summed E-state index contributed by atoms with van der Waals surface area (Å²) in [7, 11) is 0. The summed E-state index contributed by atoms with van der Waals surface area (Å²) in [5, 5.41) is 4.71. The van der Waals surface area contributed by atoms with Crippen molar-refractivity contribution < 1.29 is 4.42 Å². The van der Waals surface area contributed by atoms with E-state index in [4.69, 9.17) is 4.42 Å². The number of nitrogens with one attached hydrogen (secondary N) is 1. The van der Waals surface area contributed by atoms with Crippen molar-refractivity contribution in [1.82, 2.24) is 10.2 Å². The number of hydrogen-bond acceptors (Lipinski definition) is 3. The first-order valence-corrected chi connectivity index (χ1v) is 7.60. The Hall–Kier alpha value is -1.32. The molecule has 1 N–H and O–H groups in total. The van der Waals surface area contributed by atoms with E-state index in [9.17, 15) is 0 Å². The molecule has 0 spiro atoms. The van der Waals surface area contributed by atoms with Crippen molar-refractivity contribution in [2.75, 3.05) is 13.1 Å². The fraction of sp³-hybridized carbons (Fsp3) is 0.529. The molecule has 1 aromatic carbocycles. The van der Waals surface area contributed by atoms with Gasteiger partial charge in [0.1, 0.15) is 11.3 Å². The van der Waals surface area contributed by atoms with Crippen molar-refractivity contribution in [3.05, 3.63) is 35.6 Å². The van der Waals surface area contributed by atoms with Crippen LogP contribution in [0, 0.1) is 0 Å². The van der Waals surface area contributed by atoms with Crippen molar-refractivity contribution in [2.45, 2.75) is 46.8 Å². The highest BCUT2D eigenvalue weighted by molar-refractivity contribution is 5.82. The van der Waals surface area contributed by atoms with Crippen LogP contribution >= 0.6 is 0 Å². The Morgan fingerprint density at radius 2 is 1.85 bits per heavy atom. The molecule has 0 saturated heterocycles. The Labute approximate surface area is 122 Å². The van der Waals surface area contributed by atoms with Gasteiger partial charge in [0.05, 0.1) is 6.54 Å². The van der Waals surface area contributed by atoms with E-state index in [-0.39, 0.29) is 0 Å². The molecule has 0 aliphatic rings. The second-order valence-electron chi connectivity index (χ2n) is 5.50. The normalized spacial score (nSPS) is 11.9. The first kappa shape index (κ1) is 15.1. The summed E-state index contributed by atoms with van der Waals surface area (Å²) in [6.45, 7) is 12.6. The quantitative estimate of drug-likeness (QED) is 0.833. The number of furan rings is 1. The van der Waals surface area contributed by atoms with E-state index in [0.29, 0.717) is 6.04 Å². The molecular formula is C17H26N2O. The number of para-hydroxylation sites is 1. The summed E-state index contributed by atoms with van der Waals surface area (Å²) in [5.74, 6) is 1.08. The van der Waals surface area contributed by atoms with Gasteiger partial charge in [0.2, 0.25) is 0 Å². The van der Waals surface area contributed by atoms with Crippen molar-refractivity contribution >= 4 is 11.0 Å². The molecule has 0 fully saturated rings. The molecule has 2 rings (SSSR count). The Morgan fingerprint density at radius 3 is 2.50 bits per heavy atom. The van der Waals surface area contributed by atoms with E-state index in [1.165, 1.54) is 10.9 Å². The molecule has 3 nitrogen and oxygen atoms in total. The van der Waals surface area contributed by atoms with Crippen LogP contribution in [0.1, 0.15) is 39.0 Å². The highest BCUT2D eigenvalue weighted by Gasteiger charge is 2.15. The number of rotatable bonds is 7. The number of hydrogen-bond donors (Lipinski definition) is 1. The number of fused-ring (bicyclic) bond motifs is 1. The van der Waals surface area contributed by atoms with Crippen LogP contribution in [0.2, 0.25) is 0 Å². The molecule has 0 aliphatic heterocycles. The zero-order valence-corrected chi connectivity index (χ0v) is 13.1. The zero-order chi connectivity index (χ0) is 14.5. The largest absolute Gasteiger partial charge is 0.459 e. The van der Waals surface area contributed by atoms with Gasteiger partial charge >= 0.3 is 0 Å². The van der Waals surface area contributed by atoms with Crippen LogP contribution in [0.5, 0.6) is 0 Å². The van der Waals surface area contributed by atoms with Gasteiger partial charge in [0.15, 0.2) is 0 Å². The Morgan fingerprint density at radius 1 is 1.15 bits per heavy atom. The third-order valence-electron chi connectivity index (χ3n) is 3.73. The molecule has 2 aromatic rings. The van der Waals surface area contributed by atoms with Crippen molar-refractivity contribution in [3.63, 3.8) is 0 Å². The second kappa shape index (κ2) is 6.91. The molecule has 0 radical (unpaired) electrons. The lowest BCUT2D eigenvalue weighted by Crippen LogP contribution is -2.25. The first-order valence-electron chi connectivity index (χ1n) is 7.60. The summed E-state index contributed by atoms with van der Waals surface area (Å²) < 4.78 is 6.05. The molecule has 0 bridgehead atoms. The van der Waals surface area contributed by atoms with Gasteiger partial charge < -0.3 is 9.73 Å². The van der Waals surface area contributed by atoms with Crippen LogP contribution in [-0.2, 0) is 13.1 Å². The summed E-state index contributed by atoms with van der Waals surface area (Å²) >= 11 is 0. The van der Waals surface area contributed by atoms with Crippen LogP contribution in [0.3, 0.4) is 0 Å². The van der Waals surface area contributed by atoms with Crippen LogP contribution in [-0.4, -0.2) is 24.0 Å². The number of nitrogens with zero attached hydrogens (tertiary/aromatic N) is 1. The highest BCUT2D eigenvalue weighted by atomic mass is 16.3. The molecule has 20 heavy (non-hydrogen) atoms. The Bertz CT molecular complexity index is 541. The third-order valence-corrected chi connectivity index (χ3v) is 3.73. The molecule has 0 saturated carbocycles. The minimum absolute atomic E-state index is 0.463. The van der Waals surface area contributed by atoms with Crippen molar-refractivity contribution in [1.29, 1.82) is 0 Å². The van der Waals surface area contributed by atoms with Gasteiger partial charge in [-0.2, -0.15) is 0 Å². The average molecular weight is 274 g/mol. The molecule has 110 valence electrons. The third kappa shape index (κ3) is 3.41. The molecule has 1 aromatic heterocycles. The minimum atomic E-state index is 0.463. The fourth-order valence-corrected chi connectivity index (χ4v) is 2.43. The first-order chi connectivity index (χ1) is 9.65. The molecule has 0 aliphatic carbocycles. The maximum Gasteiger partial charge on any atom is 0.134 e. The zero-order valence-electron chi connectivity index (χ0n) is 13.1. The van der Waals surface area contributed by atoms with Crippen LogP contribution in [0.4, 0.5) is 0 Å². The maximum absolute atomic E-state index is 6.05. The summed E-state index contributed by atoms with van der Waals surface area (Å²) in [6.07, 6.45) is 0. The lowest BCUT2D eigenvalue weighted by atomic mass is 10.1. The van der Waals surface area contributed by atoms with Crippen LogP contribution in [0.15, 0.2) is 28.7 Å². The lowest BCUT2D eigenvalue weighted by Gasteiger charge is -2.18. The molecule has 3 heteroatoms. The summed E-state index contributed by atoms with van der Waals surface area (Å²) in [6, 6.07) is 8.80. The number of benzene rings is 1. The standard InChI is InChI=1S/C17H26N2O/c1-5-19(6-2)12-15-14-9-7-8-10-16(14)20-17(15)11-18-13(3)4/h7-10,13,18H,5-6,11-12H2,1-4H3. The van der Waals surface area contributed by atoms with Gasteiger partial charge in [-0.15, -0.1) is 0 Å². The van der Waals surface area contributed by atoms with E-state index >= 15 is 0 Å². The fourth-order valence-electron chi connectivity index (χ4n) is 2.43. The predicted molar refractivity (Wildman–Crippen MR) is 84.8 cm³/mol. The van der Waals surface area contributed by atoms with E-state index in [0.717, 1.165) is 37.5 Å². The average Bonchev–Trinajstić information content (AvgIpc) is 2.80. The van der Waals surface area contributed by atoms with Gasteiger partial charge in [0.25, 0.3) is 0 Å². The van der Waals surface area contributed by atoms with Crippen LogP contribution < -0.4 is 5.32 Å². The van der Waals surface area contributed by atoms with Gasteiger partial charge in [-0.3, -0.25) is 4.90 Å². The SMILES string of the molecule is CCN(CC)Cc1c(CNC(C)C)oc2ccccc12. The minimum Gasteiger partial charge on any atom is -0.459 e.